The highest BCUT2D eigenvalue weighted by Gasteiger charge is 2.33. The molecule has 0 bridgehead atoms. The zero-order valence-corrected chi connectivity index (χ0v) is 11.5. The van der Waals surface area contributed by atoms with Gasteiger partial charge in [-0.2, -0.15) is 0 Å². The topological polar surface area (TPSA) is 72.5 Å². The number of rotatable bonds is 5. The Hall–Kier alpha value is -2.17. The van der Waals surface area contributed by atoms with Crippen LogP contribution < -0.4 is 5.32 Å². The average molecular weight is 275 g/mol. The van der Waals surface area contributed by atoms with Crippen LogP contribution in [0.1, 0.15) is 37.0 Å². The molecule has 20 heavy (non-hydrogen) atoms. The number of ketones is 1. The van der Waals surface area contributed by atoms with Crippen molar-refractivity contribution in [1.29, 1.82) is 0 Å². The van der Waals surface area contributed by atoms with Gasteiger partial charge in [-0.05, 0) is 38.8 Å². The number of carbonyl (C=O) groups excluding carboxylic acids is 3. The Kier molecular flexibility index (Phi) is 4.17. The maximum Gasteiger partial charge on any atom is 0.309 e. The Labute approximate surface area is 117 Å². The third-order valence-corrected chi connectivity index (χ3v) is 3.11. The molecule has 0 heterocycles. The van der Waals surface area contributed by atoms with Crippen LogP contribution in [-0.4, -0.2) is 23.8 Å². The summed E-state index contributed by atoms with van der Waals surface area (Å²) in [6, 6.07) is 6.64. The SMILES string of the molecule is CC(=O)c1cccc(NC(=O)[C@H](C)OC(=O)C2CC2)c1. The van der Waals surface area contributed by atoms with Gasteiger partial charge >= 0.3 is 5.97 Å². The number of Topliss-reactive ketones (excluding diaryl/α,β-unsaturated/α-hetero) is 1. The van der Waals surface area contributed by atoms with Crippen molar-refractivity contribution in [3.8, 4) is 0 Å². The van der Waals surface area contributed by atoms with Crippen LogP contribution in [-0.2, 0) is 14.3 Å². The van der Waals surface area contributed by atoms with Crippen LogP contribution >= 0.6 is 0 Å². The third kappa shape index (κ3) is 3.66. The van der Waals surface area contributed by atoms with E-state index in [1.165, 1.54) is 13.8 Å². The van der Waals surface area contributed by atoms with Crippen molar-refractivity contribution in [3.63, 3.8) is 0 Å². The Morgan fingerprint density at radius 3 is 2.60 bits per heavy atom. The maximum absolute atomic E-state index is 11.9. The van der Waals surface area contributed by atoms with Gasteiger partial charge in [-0.15, -0.1) is 0 Å². The summed E-state index contributed by atoms with van der Waals surface area (Å²) in [6.07, 6.45) is 0.839. The normalized spacial score (nSPS) is 15.3. The van der Waals surface area contributed by atoms with Gasteiger partial charge in [0.2, 0.25) is 0 Å². The number of ether oxygens (including phenoxy) is 1. The smallest absolute Gasteiger partial charge is 0.309 e. The molecule has 0 spiro atoms. The highest BCUT2D eigenvalue weighted by molar-refractivity contribution is 5.98. The van der Waals surface area contributed by atoms with E-state index in [0.29, 0.717) is 11.3 Å². The molecule has 1 aliphatic carbocycles. The lowest BCUT2D eigenvalue weighted by Gasteiger charge is -2.13. The average Bonchev–Trinajstić information content (AvgIpc) is 3.23. The van der Waals surface area contributed by atoms with Gasteiger partial charge in [0.25, 0.3) is 5.91 Å². The fraction of sp³-hybridized carbons (Fsp3) is 0.400. The summed E-state index contributed by atoms with van der Waals surface area (Å²) in [7, 11) is 0. The Balaban J connectivity index is 1.94. The molecule has 5 nitrogen and oxygen atoms in total. The summed E-state index contributed by atoms with van der Waals surface area (Å²) in [5, 5.41) is 2.63. The molecule has 106 valence electrons. The van der Waals surface area contributed by atoms with E-state index >= 15 is 0 Å². The number of esters is 1. The van der Waals surface area contributed by atoms with Gasteiger partial charge < -0.3 is 10.1 Å². The maximum atomic E-state index is 11.9. The first kappa shape index (κ1) is 14.2. The van der Waals surface area contributed by atoms with E-state index in [1.807, 2.05) is 0 Å². The molecule has 0 aromatic heterocycles. The van der Waals surface area contributed by atoms with Gasteiger partial charge in [-0.3, -0.25) is 14.4 Å². The standard InChI is InChI=1S/C15H17NO4/c1-9(17)12-4-3-5-13(8-12)16-14(18)10(2)20-15(19)11-6-7-11/h3-5,8,10-11H,6-7H2,1-2H3,(H,16,18)/t10-/m0/s1. The number of benzene rings is 1. The van der Waals surface area contributed by atoms with Crippen molar-refractivity contribution in [1.82, 2.24) is 0 Å². The molecule has 1 saturated carbocycles. The van der Waals surface area contributed by atoms with E-state index in [9.17, 15) is 14.4 Å². The van der Waals surface area contributed by atoms with Crippen molar-refractivity contribution in [2.24, 2.45) is 5.92 Å². The zero-order chi connectivity index (χ0) is 14.7. The van der Waals surface area contributed by atoms with E-state index in [2.05, 4.69) is 5.32 Å². The van der Waals surface area contributed by atoms with E-state index in [0.717, 1.165) is 12.8 Å². The molecular weight excluding hydrogens is 258 g/mol. The number of hydrogen-bond acceptors (Lipinski definition) is 4. The minimum absolute atomic E-state index is 0.0358. The van der Waals surface area contributed by atoms with Crippen molar-refractivity contribution in [2.75, 3.05) is 5.32 Å². The molecule has 1 N–H and O–H groups in total. The van der Waals surface area contributed by atoms with Crippen LogP contribution in [0, 0.1) is 5.92 Å². The predicted octanol–water partition coefficient (Wildman–Crippen LogP) is 2.17. The zero-order valence-electron chi connectivity index (χ0n) is 11.5. The fourth-order valence-corrected chi connectivity index (χ4v) is 1.70. The Bertz CT molecular complexity index is 549. The lowest BCUT2D eigenvalue weighted by Crippen LogP contribution is -2.30. The summed E-state index contributed by atoms with van der Waals surface area (Å²) < 4.78 is 5.07. The van der Waals surface area contributed by atoms with Crippen LogP contribution in [0.3, 0.4) is 0 Å². The molecule has 0 unspecified atom stereocenters. The van der Waals surface area contributed by atoms with Crippen LogP contribution in [0.15, 0.2) is 24.3 Å². The first-order chi connectivity index (χ1) is 9.47. The van der Waals surface area contributed by atoms with Gasteiger partial charge in [0.15, 0.2) is 11.9 Å². The molecule has 1 fully saturated rings. The van der Waals surface area contributed by atoms with E-state index in [-0.39, 0.29) is 17.7 Å². The number of amides is 1. The highest BCUT2D eigenvalue weighted by Crippen LogP contribution is 2.30. The second-order valence-electron chi connectivity index (χ2n) is 4.98. The summed E-state index contributed by atoms with van der Waals surface area (Å²) in [6.45, 7) is 2.99. The molecular formula is C15H17NO4. The van der Waals surface area contributed by atoms with Crippen molar-refractivity contribution < 1.29 is 19.1 Å². The number of nitrogens with one attached hydrogen (secondary N) is 1. The summed E-state index contributed by atoms with van der Waals surface area (Å²) >= 11 is 0. The third-order valence-electron chi connectivity index (χ3n) is 3.11. The first-order valence-electron chi connectivity index (χ1n) is 6.59. The van der Waals surface area contributed by atoms with Crippen LogP contribution in [0.25, 0.3) is 0 Å². The van der Waals surface area contributed by atoms with Gasteiger partial charge in [0, 0.05) is 11.3 Å². The van der Waals surface area contributed by atoms with Gasteiger partial charge in [0.1, 0.15) is 0 Å². The predicted molar refractivity (Wildman–Crippen MR) is 73.4 cm³/mol. The second kappa shape index (κ2) is 5.86. The van der Waals surface area contributed by atoms with E-state index < -0.39 is 12.0 Å². The molecule has 2 rings (SSSR count). The van der Waals surface area contributed by atoms with Gasteiger partial charge in [0.05, 0.1) is 5.92 Å². The monoisotopic (exact) mass is 275 g/mol. The van der Waals surface area contributed by atoms with Gasteiger partial charge in [-0.25, -0.2) is 0 Å². The van der Waals surface area contributed by atoms with Crippen LogP contribution in [0.5, 0.6) is 0 Å². The Morgan fingerprint density at radius 2 is 2.00 bits per heavy atom. The molecule has 0 saturated heterocycles. The van der Waals surface area contributed by atoms with Crippen molar-refractivity contribution in [2.45, 2.75) is 32.8 Å². The van der Waals surface area contributed by atoms with E-state index in [4.69, 9.17) is 4.74 Å². The molecule has 0 radical (unpaired) electrons. The quantitative estimate of drug-likeness (QED) is 0.660. The lowest BCUT2D eigenvalue weighted by molar-refractivity contribution is -0.154. The number of carbonyl (C=O) groups is 3. The molecule has 0 aliphatic heterocycles. The minimum Gasteiger partial charge on any atom is -0.452 e. The first-order valence-corrected chi connectivity index (χ1v) is 6.59. The molecule has 5 heteroatoms. The molecule has 1 aliphatic rings. The fourth-order valence-electron chi connectivity index (χ4n) is 1.70. The largest absolute Gasteiger partial charge is 0.452 e. The molecule has 1 aromatic carbocycles. The lowest BCUT2D eigenvalue weighted by atomic mass is 10.1. The van der Waals surface area contributed by atoms with E-state index in [1.54, 1.807) is 24.3 Å². The second-order valence-corrected chi connectivity index (χ2v) is 4.98. The molecule has 1 aromatic rings. The summed E-state index contributed by atoms with van der Waals surface area (Å²) in [5.41, 5.74) is 1.03. The van der Waals surface area contributed by atoms with Crippen molar-refractivity contribution >= 4 is 23.3 Å². The minimum atomic E-state index is -0.843. The summed E-state index contributed by atoms with van der Waals surface area (Å²) in [4.78, 5) is 34.6. The van der Waals surface area contributed by atoms with Crippen LogP contribution in [0.4, 0.5) is 5.69 Å². The van der Waals surface area contributed by atoms with Crippen LogP contribution in [0.2, 0.25) is 0 Å². The molecule has 1 amide bonds. The Morgan fingerprint density at radius 1 is 1.30 bits per heavy atom. The summed E-state index contributed by atoms with van der Waals surface area (Å²) in [5.74, 6) is -0.828. The highest BCUT2D eigenvalue weighted by atomic mass is 16.5. The number of hydrogen-bond donors (Lipinski definition) is 1. The van der Waals surface area contributed by atoms with Crippen molar-refractivity contribution in [3.05, 3.63) is 29.8 Å². The molecule has 1 atom stereocenters. The number of anilines is 1. The van der Waals surface area contributed by atoms with Gasteiger partial charge in [-0.1, -0.05) is 12.1 Å².